The highest BCUT2D eigenvalue weighted by Crippen LogP contribution is 2.24. The minimum atomic E-state index is -0.215. The lowest BCUT2D eigenvalue weighted by Gasteiger charge is -2.36. The molecule has 3 aromatic rings. The first kappa shape index (κ1) is 21.6. The molecule has 1 aliphatic carbocycles. The number of nitrogens with zero attached hydrogens (tertiary/aromatic N) is 5. The molecular weight excluding hydrogens is 418 g/mol. The molecule has 2 fully saturated rings. The van der Waals surface area contributed by atoms with E-state index >= 15 is 0 Å². The van der Waals surface area contributed by atoms with E-state index < -0.39 is 0 Å². The molecule has 1 saturated carbocycles. The summed E-state index contributed by atoms with van der Waals surface area (Å²) < 4.78 is 1.45. The van der Waals surface area contributed by atoms with Gasteiger partial charge in [0.1, 0.15) is 6.33 Å². The van der Waals surface area contributed by atoms with Gasteiger partial charge in [-0.25, -0.2) is 14.3 Å². The minimum absolute atomic E-state index is 0.215. The number of imidazole rings is 1. The molecule has 1 saturated heterocycles. The van der Waals surface area contributed by atoms with E-state index in [2.05, 4.69) is 67.1 Å². The topological polar surface area (TPSA) is 112 Å². The number of hydrogen-bond donors (Lipinski definition) is 4. The lowest BCUT2D eigenvalue weighted by Crippen LogP contribution is -2.53. The number of anilines is 3. The van der Waals surface area contributed by atoms with E-state index in [-0.39, 0.29) is 12.1 Å². The van der Waals surface area contributed by atoms with Crippen LogP contribution in [0.15, 0.2) is 30.6 Å². The molecule has 0 spiro atoms. The summed E-state index contributed by atoms with van der Waals surface area (Å²) in [6, 6.07) is 9.31. The number of carbonyl (C=O) groups excluding carboxylic acids is 1. The number of piperazine rings is 1. The lowest BCUT2D eigenvalue weighted by atomic mass is 10.1. The Hall–Kier alpha value is -3.24. The highest BCUT2D eigenvalue weighted by Gasteiger charge is 2.25. The average molecular weight is 450 g/mol. The van der Waals surface area contributed by atoms with E-state index in [0.717, 1.165) is 38.2 Å². The van der Waals surface area contributed by atoms with Crippen LogP contribution in [0.2, 0.25) is 0 Å². The second kappa shape index (κ2) is 8.95. The van der Waals surface area contributed by atoms with Crippen LogP contribution in [0.1, 0.15) is 32.3 Å². The monoisotopic (exact) mass is 449 g/mol. The van der Waals surface area contributed by atoms with E-state index in [1.165, 1.54) is 16.5 Å². The molecule has 0 bridgehead atoms. The van der Waals surface area contributed by atoms with Crippen molar-refractivity contribution in [2.75, 3.05) is 30.8 Å². The van der Waals surface area contributed by atoms with Crippen molar-refractivity contribution in [2.24, 2.45) is 0 Å². The smallest absolute Gasteiger partial charge is 0.328 e. The first-order valence-corrected chi connectivity index (χ1v) is 11.6. The summed E-state index contributed by atoms with van der Waals surface area (Å²) in [6.07, 6.45) is 3.53. The summed E-state index contributed by atoms with van der Waals surface area (Å²) in [5.41, 5.74) is 3.16. The van der Waals surface area contributed by atoms with Crippen LogP contribution >= 0.6 is 0 Å². The molecule has 174 valence electrons. The third-order valence-corrected chi connectivity index (χ3v) is 5.98. The summed E-state index contributed by atoms with van der Waals surface area (Å²) >= 11 is 0. The highest BCUT2D eigenvalue weighted by atomic mass is 16.2. The Morgan fingerprint density at radius 1 is 1.18 bits per heavy atom. The third kappa shape index (κ3) is 4.91. The Labute approximate surface area is 193 Å². The second-order valence-corrected chi connectivity index (χ2v) is 9.14. The maximum Gasteiger partial charge on any atom is 0.328 e. The largest absolute Gasteiger partial charge is 0.371 e. The van der Waals surface area contributed by atoms with E-state index in [1.807, 2.05) is 12.1 Å². The number of carbonyl (C=O) groups is 1. The normalized spacial score (nSPS) is 21.2. The van der Waals surface area contributed by atoms with Gasteiger partial charge >= 0.3 is 6.03 Å². The van der Waals surface area contributed by atoms with Gasteiger partial charge in [0.05, 0.1) is 0 Å². The highest BCUT2D eigenvalue weighted by molar-refractivity contribution is 5.92. The summed E-state index contributed by atoms with van der Waals surface area (Å²) in [6.45, 7) is 7.40. The van der Waals surface area contributed by atoms with Crippen molar-refractivity contribution in [3.05, 3.63) is 36.2 Å². The Morgan fingerprint density at radius 3 is 2.70 bits per heavy atom. The molecule has 2 aromatic heterocycles. The molecule has 4 N–H and O–H groups in total. The van der Waals surface area contributed by atoms with Crippen LogP contribution < -0.4 is 21.3 Å². The average Bonchev–Trinajstić information content (AvgIpc) is 3.48. The van der Waals surface area contributed by atoms with Crippen molar-refractivity contribution in [1.82, 2.24) is 35.1 Å². The molecule has 2 atom stereocenters. The summed E-state index contributed by atoms with van der Waals surface area (Å²) in [5.74, 6) is 0.981. The zero-order valence-electron chi connectivity index (χ0n) is 19.3. The number of fused-ring (bicyclic) bond motifs is 1. The number of amides is 1. The minimum Gasteiger partial charge on any atom is -0.371 e. The Balaban J connectivity index is 1.37. The molecule has 1 amide bonds. The fourth-order valence-corrected chi connectivity index (χ4v) is 4.45. The van der Waals surface area contributed by atoms with Crippen molar-refractivity contribution in [1.29, 1.82) is 0 Å². The molecule has 10 nitrogen and oxygen atoms in total. The van der Waals surface area contributed by atoms with Crippen molar-refractivity contribution >= 4 is 34.6 Å². The van der Waals surface area contributed by atoms with Crippen molar-refractivity contribution in [2.45, 2.75) is 51.4 Å². The predicted octanol–water partition coefficient (Wildman–Crippen LogP) is 2.51. The van der Waals surface area contributed by atoms with Gasteiger partial charge in [-0.2, -0.15) is 9.97 Å². The molecular formula is C23H31N9O. The summed E-state index contributed by atoms with van der Waals surface area (Å²) in [4.78, 5) is 28.6. The van der Waals surface area contributed by atoms with Gasteiger partial charge in [0.15, 0.2) is 17.0 Å². The van der Waals surface area contributed by atoms with E-state index in [4.69, 9.17) is 0 Å². The standard InChI is InChI=1S/C23H31N9O/c1-14-10-31(11-15(2)26-14)12-16-5-4-6-18(9-16)27-22-29-20(24-3)19-21(30-22)32(13-25-19)23(33)28-17-7-8-17/h4-6,9,13-15,17,26H,7-8,10-12H2,1-3H3,(H,28,33)(H2,24,27,29,30)/t14-,15+. The molecule has 0 unspecified atom stereocenters. The molecule has 33 heavy (non-hydrogen) atoms. The zero-order chi connectivity index (χ0) is 22.9. The van der Waals surface area contributed by atoms with Crippen LogP contribution in [0.5, 0.6) is 0 Å². The van der Waals surface area contributed by atoms with Crippen LogP contribution in [-0.2, 0) is 6.54 Å². The second-order valence-electron chi connectivity index (χ2n) is 9.14. The maximum atomic E-state index is 12.6. The molecule has 5 rings (SSSR count). The lowest BCUT2D eigenvalue weighted by molar-refractivity contribution is 0.166. The van der Waals surface area contributed by atoms with Gasteiger partial charge in [0.2, 0.25) is 5.95 Å². The predicted molar refractivity (Wildman–Crippen MR) is 129 cm³/mol. The fraction of sp³-hybridized carbons (Fsp3) is 0.478. The Bertz CT molecular complexity index is 1150. The van der Waals surface area contributed by atoms with Crippen LogP contribution in [0.25, 0.3) is 11.2 Å². The van der Waals surface area contributed by atoms with Gasteiger partial charge in [-0.3, -0.25) is 4.90 Å². The number of rotatable bonds is 6. The Morgan fingerprint density at radius 2 is 1.97 bits per heavy atom. The van der Waals surface area contributed by atoms with E-state index in [0.29, 0.717) is 35.0 Å². The van der Waals surface area contributed by atoms with Crippen LogP contribution in [0, 0.1) is 0 Å². The molecule has 1 aliphatic heterocycles. The SMILES string of the molecule is CNc1nc(Nc2cccc(CN3C[C@@H](C)N[C@@H](C)C3)c2)nc2c1ncn2C(=O)NC1CC1. The van der Waals surface area contributed by atoms with Gasteiger partial charge < -0.3 is 21.3 Å². The number of aromatic nitrogens is 4. The van der Waals surface area contributed by atoms with Gasteiger partial charge in [-0.15, -0.1) is 0 Å². The summed E-state index contributed by atoms with van der Waals surface area (Å²) in [5, 5.41) is 12.9. The van der Waals surface area contributed by atoms with Crippen LogP contribution in [0.4, 0.5) is 22.2 Å². The molecule has 0 radical (unpaired) electrons. The first-order chi connectivity index (χ1) is 16.0. The molecule has 2 aliphatic rings. The van der Waals surface area contributed by atoms with Gasteiger partial charge in [0, 0.05) is 50.5 Å². The van der Waals surface area contributed by atoms with Gasteiger partial charge in [0.25, 0.3) is 0 Å². The number of benzene rings is 1. The third-order valence-electron chi connectivity index (χ3n) is 5.98. The number of hydrogen-bond acceptors (Lipinski definition) is 8. The molecule has 1 aromatic carbocycles. The molecule has 10 heteroatoms. The van der Waals surface area contributed by atoms with Crippen molar-refractivity contribution < 1.29 is 4.79 Å². The van der Waals surface area contributed by atoms with Crippen LogP contribution in [0.3, 0.4) is 0 Å². The van der Waals surface area contributed by atoms with Gasteiger partial charge in [-0.05, 0) is 44.4 Å². The zero-order valence-corrected chi connectivity index (χ0v) is 19.3. The van der Waals surface area contributed by atoms with E-state index in [9.17, 15) is 4.79 Å². The first-order valence-electron chi connectivity index (χ1n) is 11.6. The molecule has 3 heterocycles. The van der Waals surface area contributed by atoms with Crippen LogP contribution in [-0.4, -0.2) is 68.7 Å². The number of nitrogens with one attached hydrogen (secondary N) is 4. The Kier molecular flexibility index (Phi) is 5.86. The quantitative estimate of drug-likeness (QED) is 0.454. The maximum absolute atomic E-state index is 12.6. The van der Waals surface area contributed by atoms with Crippen molar-refractivity contribution in [3.8, 4) is 0 Å². The summed E-state index contributed by atoms with van der Waals surface area (Å²) in [7, 11) is 1.78. The fourth-order valence-electron chi connectivity index (χ4n) is 4.45. The van der Waals surface area contributed by atoms with E-state index in [1.54, 1.807) is 7.05 Å². The van der Waals surface area contributed by atoms with Crippen molar-refractivity contribution in [3.63, 3.8) is 0 Å². The van der Waals surface area contributed by atoms with Gasteiger partial charge in [-0.1, -0.05) is 12.1 Å².